The second-order valence-electron chi connectivity index (χ2n) is 6.18. The average molecular weight is 361 g/mol. The van der Waals surface area contributed by atoms with Crippen LogP contribution in [0.15, 0.2) is 51.6 Å². The normalized spacial score (nSPS) is 19.3. The Balaban J connectivity index is 1.96. The molecular weight excluding hydrogens is 342 g/mol. The van der Waals surface area contributed by atoms with Gasteiger partial charge in [-0.25, -0.2) is 8.42 Å². The number of allylic oxidation sites excluding steroid dienone is 2. The lowest BCUT2D eigenvalue weighted by Gasteiger charge is -2.31. The van der Waals surface area contributed by atoms with E-state index in [2.05, 4.69) is 0 Å². The Labute approximate surface area is 146 Å². The van der Waals surface area contributed by atoms with Crippen molar-refractivity contribution in [3.8, 4) is 0 Å². The Hall–Kier alpha value is -2.25. The third kappa shape index (κ3) is 2.83. The van der Waals surface area contributed by atoms with Crippen LogP contribution in [0.3, 0.4) is 0 Å². The highest BCUT2D eigenvalue weighted by atomic mass is 32.2. The SMILES string of the molecule is COC1=C(C)C(=O)C2=C(CN(S(=O)(=O)c3ccc(C)cc3)CC2)C1=O. The highest BCUT2D eigenvalue weighted by molar-refractivity contribution is 7.89. The van der Waals surface area contributed by atoms with Gasteiger partial charge in [0.05, 0.1) is 12.0 Å². The molecule has 0 saturated carbocycles. The molecule has 0 unspecified atom stereocenters. The number of aryl methyl sites for hydroxylation is 1. The lowest BCUT2D eigenvalue weighted by Crippen LogP contribution is -2.42. The monoisotopic (exact) mass is 361 g/mol. The first-order valence-corrected chi connectivity index (χ1v) is 9.34. The van der Waals surface area contributed by atoms with Gasteiger partial charge in [0.1, 0.15) is 0 Å². The summed E-state index contributed by atoms with van der Waals surface area (Å²) >= 11 is 0. The van der Waals surface area contributed by atoms with Crippen LogP contribution >= 0.6 is 0 Å². The van der Waals surface area contributed by atoms with Gasteiger partial charge >= 0.3 is 0 Å². The number of ether oxygens (including phenoxy) is 1. The van der Waals surface area contributed by atoms with Crippen molar-refractivity contribution >= 4 is 21.6 Å². The molecular formula is C18H19NO5S. The fraction of sp³-hybridized carbons (Fsp3) is 0.333. The Morgan fingerprint density at radius 3 is 2.24 bits per heavy atom. The molecule has 0 spiro atoms. The van der Waals surface area contributed by atoms with E-state index in [9.17, 15) is 18.0 Å². The van der Waals surface area contributed by atoms with Crippen LogP contribution in [-0.2, 0) is 24.3 Å². The summed E-state index contributed by atoms with van der Waals surface area (Å²) in [5.41, 5.74) is 1.86. The van der Waals surface area contributed by atoms with Crippen LogP contribution in [-0.4, -0.2) is 44.5 Å². The number of Topliss-reactive ketones (excluding diaryl/α,β-unsaturated/α-hetero) is 2. The molecule has 3 rings (SSSR count). The first-order valence-electron chi connectivity index (χ1n) is 7.90. The number of benzene rings is 1. The van der Waals surface area contributed by atoms with Gasteiger partial charge in [-0.1, -0.05) is 17.7 Å². The predicted molar refractivity (Wildman–Crippen MR) is 91.3 cm³/mol. The van der Waals surface area contributed by atoms with Crippen molar-refractivity contribution in [1.82, 2.24) is 4.31 Å². The molecule has 6 nitrogen and oxygen atoms in total. The fourth-order valence-corrected chi connectivity index (χ4v) is 4.55. The zero-order chi connectivity index (χ0) is 18.4. The molecule has 0 amide bonds. The van der Waals surface area contributed by atoms with Gasteiger partial charge in [0.25, 0.3) is 0 Å². The smallest absolute Gasteiger partial charge is 0.243 e. The molecule has 7 heteroatoms. The molecule has 0 N–H and O–H groups in total. The van der Waals surface area contributed by atoms with E-state index in [-0.39, 0.29) is 47.1 Å². The largest absolute Gasteiger partial charge is 0.492 e. The molecule has 25 heavy (non-hydrogen) atoms. The van der Waals surface area contributed by atoms with E-state index in [0.29, 0.717) is 5.57 Å². The van der Waals surface area contributed by atoms with E-state index in [1.165, 1.54) is 11.4 Å². The number of nitrogens with zero attached hydrogens (tertiary/aromatic N) is 1. The van der Waals surface area contributed by atoms with Gasteiger partial charge in [-0.3, -0.25) is 9.59 Å². The molecule has 0 radical (unpaired) electrons. The molecule has 132 valence electrons. The van der Waals surface area contributed by atoms with Gasteiger partial charge in [0.2, 0.25) is 15.8 Å². The van der Waals surface area contributed by atoms with Crippen molar-refractivity contribution in [3.05, 3.63) is 52.3 Å². The van der Waals surface area contributed by atoms with E-state index in [1.807, 2.05) is 6.92 Å². The summed E-state index contributed by atoms with van der Waals surface area (Å²) in [6, 6.07) is 6.55. The van der Waals surface area contributed by atoms with E-state index in [0.717, 1.165) is 5.56 Å². The second-order valence-corrected chi connectivity index (χ2v) is 8.11. The maximum absolute atomic E-state index is 12.8. The van der Waals surface area contributed by atoms with E-state index in [4.69, 9.17) is 4.74 Å². The highest BCUT2D eigenvalue weighted by Crippen LogP contribution is 2.32. The topological polar surface area (TPSA) is 80.8 Å². The molecule has 1 aliphatic carbocycles. The van der Waals surface area contributed by atoms with Gasteiger partial charge in [-0.05, 0) is 32.4 Å². The van der Waals surface area contributed by atoms with Crippen LogP contribution < -0.4 is 0 Å². The standard InChI is InChI=1S/C18H19NO5S/c1-11-4-6-13(7-5-11)25(22,23)19-9-8-14-15(10-19)17(21)18(24-3)12(2)16(14)20/h4-7H,8-10H2,1-3H3. The number of carbonyl (C=O) groups excluding carboxylic acids is 2. The number of ketones is 2. The quantitative estimate of drug-likeness (QED) is 0.767. The van der Waals surface area contributed by atoms with Crippen molar-refractivity contribution in [2.75, 3.05) is 20.2 Å². The first-order chi connectivity index (χ1) is 11.8. The number of carbonyl (C=O) groups is 2. The Kier molecular flexibility index (Phi) is 4.38. The lowest BCUT2D eigenvalue weighted by molar-refractivity contribution is -0.119. The van der Waals surface area contributed by atoms with Crippen molar-refractivity contribution in [2.45, 2.75) is 25.2 Å². The first kappa shape index (κ1) is 17.6. The lowest BCUT2D eigenvalue weighted by atomic mass is 9.85. The summed E-state index contributed by atoms with van der Waals surface area (Å²) in [6.07, 6.45) is 0.222. The van der Waals surface area contributed by atoms with Crippen molar-refractivity contribution in [1.29, 1.82) is 0 Å². The van der Waals surface area contributed by atoms with Crippen molar-refractivity contribution in [2.24, 2.45) is 0 Å². The minimum Gasteiger partial charge on any atom is -0.492 e. The zero-order valence-electron chi connectivity index (χ0n) is 14.3. The zero-order valence-corrected chi connectivity index (χ0v) is 15.1. The minimum atomic E-state index is -3.73. The molecule has 1 aliphatic heterocycles. The molecule has 1 aromatic carbocycles. The van der Waals surface area contributed by atoms with Crippen LogP contribution in [0.2, 0.25) is 0 Å². The maximum Gasteiger partial charge on any atom is 0.243 e. The minimum absolute atomic E-state index is 0.00154. The van der Waals surface area contributed by atoms with Gasteiger partial charge in [0, 0.05) is 29.8 Å². The second kappa shape index (κ2) is 6.24. The summed E-state index contributed by atoms with van der Waals surface area (Å²) in [4.78, 5) is 25.2. The van der Waals surface area contributed by atoms with Gasteiger partial charge < -0.3 is 4.74 Å². The summed E-state index contributed by atoms with van der Waals surface area (Å²) in [5.74, 6) is -0.643. The van der Waals surface area contributed by atoms with Crippen LogP contribution in [0.5, 0.6) is 0 Å². The van der Waals surface area contributed by atoms with Crippen LogP contribution in [0.1, 0.15) is 18.9 Å². The molecule has 0 aromatic heterocycles. The number of sulfonamides is 1. The summed E-state index contributed by atoms with van der Waals surface area (Å²) in [7, 11) is -2.40. The predicted octanol–water partition coefficient (Wildman–Crippen LogP) is 1.76. The number of hydrogen-bond acceptors (Lipinski definition) is 5. The van der Waals surface area contributed by atoms with E-state index in [1.54, 1.807) is 31.2 Å². The summed E-state index contributed by atoms with van der Waals surface area (Å²) in [5, 5.41) is 0. The third-order valence-electron chi connectivity index (χ3n) is 4.61. The highest BCUT2D eigenvalue weighted by Gasteiger charge is 2.39. The molecule has 0 bridgehead atoms. The molecule has 1 heterocycles. The molecule has 0 atom stereocenters. The Morgan fingerprint density at radius 2 is 1.64 bits per heavy atom. The summed E-state index contributed by atoms with van der Waals surface area (Å²) in [6.45, 7) is 3.49. The number of methoxy groups -OCH3 is 1. The fourth-order valence-electron chi connectivity index (χ4n) is 3.14. The van der Waals surface area contributed by atoms with E-state index < -0.39 is 15.8 Å². The number of hydrogen-bond donors (Lipinski definition) is 0. The maximum atomic E-state index is 12.8. The molecule has 2 aliphatic rings. The molecule has 0 saturated heterocycles. The van der Waals surface area contributed by atoms with Gasteiger partial charge in [-0.2, -0.15) is 4.31 Å². The van der Waals surface area contributed by atoms with Crippen molar-refractivity contribution < 1.29 is 22.7 Å². The van der Waals surface area contributed by atoms with Crippen LogP contribution in [0.25, 0.3) is 0 Å². The Bertz CT molecular complexity index is 923. The van der Waals surface area contributed by atoms with Crippen molar-refractivity contribution in [3.63, 3.8) is 0 Å². The molecule has 0 fully saturated rings. The Morgan fingerprint density at radius 1 is 1.00 bits per heavy atom. The van der Waals surface area contributed by atoms with E-state index >= 15 is 0 Å². The third-order valence-corrected chi connectivity index (χ3v) is 6.47. The van der Waals surface area contributed by atoms with Crippen LogP contribution in [0, 0.1) is 6.92 Å². The van der Waals surface area contributed by atoms with Gasteiger partial charge in [-0.15, -0.1) is 0 Å². The molecule has 1 aromatic rings. The summed E-state index contributed by atoms with van der Waals surface area (Å²) < 4.78 is 32.0. The van der Waals surface area contributed by atoms with Gasteiger partial charge in [0.15, 0.2) is 11.5 Å². The number of rotatable bonds is 3. The average Bonchev–Trinajstić information content (AvgIpc) is 2.60. The van der Waals surface area contributed by atoms with Crippen LogP contribution in [0.4, 0.5) is 0 Å².